The number of fused-ring (bicyclic) bond motifs is 3. The van der Waals surface area contributed by atoms with Crippen LogP contribution in [-0.2, 0) is 0 Å². The van der Waals surface area contributed by atoms with Gasteiger partial charge in [0.05, 0.1) is 0 Å². The molecule has 0 N–H and O–H groups in total. The maximum Gasteiger partial charge on any atom is 0.0193 e. The zero-order valence-electron chi connectivity index (χ0n) is 29.1. The lowest BCUT2D eigenvalue weighted by Gasteiger charge is -2.32. The number of rotatable bonds is 9. The Kier molecular flexibility index (Phi) is 9.20. The van der Waals surface area contributed by atoms with Crippen molar-refractivity contribution in [2.45, 2.75) is 145 Å². The average molecular weight is 595 g/mol. The van der Waals surface area contributed by atoms with Crippen molar-refractivity contribution >= 4 is 8.58 Å². The molecule has 0 nitrogen and oxygen atoms in total. The monoisotopic (exact) mass is 594 g/mol. The molecule has 0 aromatic heterocycles. The first kappa shape index (κ1) is 31.3. The maximum atomic E-state index is 2.80. The van der Waals surface area contributed by atoms with E-state index in [2.05, 4.69) is 68.1 Å². The third-order valence-electron chi connectivity index (χ3n) is 12.6. The molecule has 232 valence electrons. The fourth-order valence-corrected chi connectivity index (χ4v) is 12.4. The van der Waals surface area contributed by atoms with Gasteiger partial charge in [0.1, 0.15) is 0 Å². The first-order valence-electron chi connectivity index (χ1n) is 18.4. The zero-order chi connectivity index (χ0) is 30.6. The molecule has 0 amide bonds. The van der Waals surface area contributed by atoms with Crippen LogP contribution in [0.3, 0.4) is 0 Å². The largest absolute Gasteiger partial charge is 0.113 e. The Balaban J connectivity index is 1.60. The molecule has 0 heterocycles. The molecule has 6 aliphatic carbocycles. The van der Waals surface area contributed by atoms with Gasteiger partial charge in [-0.05, 0) is 135 Å². The standard InChI is InChI=1S/C42H59P/c1-10-26-24-18-25(27(26)11-2)20-40-32(16-7)33(17-8)41(42(40)43-9)23-37-31(15-6)30(14-5)36-21-35-29(13-4)28(12-3)34(19-24)38(35)22-39(36)37/h18,24,37-38,42-43H,10-17,19-23H2,1-9H3. The van der Waals surface area contributed by atoms with Gasteiger partial charge in [0.25, 0.3) is 0 Å². The molecule has 0 spiro atoms. The Morgan fingerprint density at radius 1 is 0.512 bits per heavy atom. The van der Waals surface area contributed by atoms with E-state index in [1.165, 1.54) is 83.5 Å². The Morgan fingerprint density at radius 2 is 1.07 bits per heavy atom. The van der Waals surface area contributed by atoms with Crippen LogP contribution >= 0.6 is 8.58 Å². The summed E-state index contributed by atoms with van der Waals surface area (Å²) in [5, 5.41) is 0. The molecule has 6 aliphatic rings. The third kappa shape index (κ3) is 4.70. The molecule has 0 aromatic carbocycles. The van der Waals surface area contributed by atoms with Gasteiger partial charge >= 0.3 is 0 Å². The lowest BCUT2D eigenvalue weighted by molar-refractivity contribution is 0.551. The number of allylic oxidation sites excluding steroid dienone is 16. The van der Waals surface area contributed by atoms with Gasteiger partial charge in [-0.15, -0.1) is 8.58 Å². The molecule has 5 atom stereocenters. The van der Waals surface area contributed by atoms with Crippen LogP contribution in [0.25, 0.3) is 0 Å². The molecule has 5 unspecified atom stereocenters. The topological polar surface area (TPSA) is 0 Å². The average Bonchev–Trinajstić information content (AvgIpc) is 3.70. The molecule has 43 heavy (non-hydrogen) atoms. The molecule has 6 bridgehead atoms. The van der Waals surface area contributed by atoms with Crippen molar-refractivity contribution in [1.82, 2.24) is 0 Å². The van der Waals surface area contributed by atoms with Crippen LogP contribution in [0.2, 0.25) is 0 Å². The van der Waals surface area contributed by atoms with Crippen molar-refractivity contribution in [3.8, 4) is 0 Å². The molecular weight excluding hydrogens is 535 g/mol. The fraction of sp³-hybridized carbons (Fsp3) is 0.619. The highest BCUT2D eigenvalue weighted by Gasteiger charge is 2.45. The predicted molar refractivity (Wildman–Crippen MR) is 191 cm³/mol. The first-order valence-corrected chi connectivity index (χ1v) is 19.9. The van der Waals surface area contributed by atoms with E-state index < -0.39 is 0 Å². The van der Waals surface area contributed by atoms with E-state index in [0.717, 1.165) is 8.58 Å². The van der Waals surface area contributed by atoms with E-state index in [1.807, 2.05) is 33.4 Å². The van der Waals surface area contributed by atoms with Crippen LogP contribution < -0.4 is 0 Å². The van der Waals surface area contributed by atoms with Gasteiger partial charge in [-0.1, -0.05) is 100 Å². The second kappa shape index (κ2) is 12.6. The Hall–Kier alpha value is -1.65. The minimum atomic E-state index is 0.602. The summed E-state index contributed by atoms with van der Waals surface area (Å²) >= 11 is 0. The van der Waals surface area contributed by atoms with Crippen molar-refractivity contribution in [2.24, 2.45) is 17.8 Å². The smallest absolute Gasteiger partial charge is 0.0193 e. The van der Waals surface area contributed by atoms with Gasteiger partial charge < -0.3 is 0 Å². The van der Waals surface area contributed by atoms with Crippen molar-refractivity contribution < 1.29 is 0 Å². The second-order valence-corrected chi connectivity index (χ2v) is 15.1. The molecular formula is C42H59P. The molecule has 0 aliphatic heterocycles. The maximum absolute atomic E-state index is 2.80. The van der Waals surface area contributed by atoms with Crippen molar-refractivity contribution in [2.75, 3.05) is 6.66 Å². The highest BCUT2D eigenvalue weighted by atomic mass is 31.1. The predicted octanol–water partition coefficient (Wildman–Crippen LogP) is 12.8. The molecule has 1 heteroatoms. The molecule has 0 fully saturated rings. The number of hydrogen-bond acceptors (Lipinski definition) is 0. The van der Waals surface area contributed by atoms with E-state index in [-0.39, 0.29) is 0 Å². The van der Waals surface area contributed by atoms with Gasteiger partial charge in [0.2, 0.25) is 0 Å². The second-order valence-electron chi connectivity index (χ2n) is 13.9. The van der Waals surface area contributed by atoms with Crippen LogP contribution in [0, 0.1) is 17.8 Å². The Labute approximate surface area is 266 Å². The summed E-state index contributed by atoms with van der Waals surface area (Å²) in [7, 11) is 0.962. The van der Waals surface area contributed by atoms with Crippen molar-refractivity contribution in [3.63, 3.8) is 0 Å². The number of hydrogen-bond donors (Lipinski definition) is 0. The van der Waals surface area contributed by atoms with Crippen molar-refractivity contribution in [3.05, 3.63) is 89.7 Å². The summed E-state index contributed by atoms with van der Waals surface area (Å²) in [5.74, 6) is 1.91. The quantitative estimate of drug-likeness (QED) is 0.233. The van der Waals surface area contributed by atoms with E-state index in [9.17, 15) is 0 Å². The van der Waals surface area contributed by atoms with Crippen LogP contribution in [0.1, 0.15) is 139 Å². The van der Waals surface area contributed by atoms with E-state index in [1.54, 1.807) is 50.2 Å². The van der Waals surface area contributed by atoms with Crippen LogP contribution in [0.4, 0.5) is 0 Å². The molecule has 0 saturated carbocycles. The highest BCUT2D eigenvalue weighted by Crippen LogP contribution is 2.60. The van der Waals surface area contributed by atoms with Crippen LogP contribution in [-0.4, -0.2) is 12.3 Å². The summed E-state index contributed by atoms with van der Waals surface area (Å²) in [6.07, 6.45) is 18.7. The minimum Gasteiger partial charge on any atom is -0.113 e. The Morgan fingerprint density at radius 3 is 1.65 bits per heavy atom. The molecule has 0 radical (unpaired) electrons. The summed E-state index contributed by atoms with van der Waals surface area (Å²) in [4.78, 5) is 0. The van der Waals surface area contributed by atoms with Gasteiger partial charge in [-0.3, -0.25) is 0 Å². The lowest BCUT2D eigenvalue weighted by Crippen LogP contribution is -2.19. The highest BCUT2D eigenvalue weighted by molar-refractivity contribution is 7.38. The van der Waals surface area contributed by atoms with E-state index in [0.29, 0.717) is 23.4 Å². The van der Waals surface area contributed by atoms with Gasteiger partial charge in [-0.25, -0.2) is 0 Å². The van der Waals surface area contributed by atoms with Gasteiger partial charge in [0, 0.05) is 23.4 Å². The summed E-state index contributed by atoms with van der Waals surface area (Å²) in [6.45, 7) is 22.1. The van der Waals surface area contributed by atoms with E-state index in [4.69, 9.17) is 0 Å². The fourth-order valence-electron chi connectivity index (χ4n) is 11.1. The van der Waals surface area contributed by atoms with E-state index >= 15 is 0 Å². The molecule has 0 aromatic rings. The molecule has 6 rings (SSSR count). The normalized spacial score (nSPS) is 29.2. The van der Waals surface area contributed by atoms with Gasteiger partial charge in [0.15, 0.2) is 0 Å². The van der Waals surface area contributed by atoms with Crippen LogP contribution in [0.15, 0.2) is 89.7 Å². The molecule has 0 saturated heterocycles. The SMILES string of the molecule is CCC1=C(CC)C2C=C1CC1=C(CC)C(CC)=C(CC3C(CC)=C(CC)C4=C3CC3C(=C(CC)C(CC)=C3C2)C4)C1PC. The first-order chi connectivity index (χ1) is 20.9. The summed E-state index contributed by atoms with van der Waals surface area (Å²) in [6, 6.07) is 0. The summed E-state index contributed by atoms with van der Waals surface area (Å²) in [5.41, 5.74) is 27.5. The third-order valence-corrected chi connectivity index (χ3v) is 13.9. The zero-order valence-corrected chi connectivity index (χ0v) is 30.1. The van der Waals surface area contributed by atoms with Gasteiger partial charge in [-0.2, -0.15) is 0 Å². The summed E-state index contributed by atoms with van der Waals surface area (Å²) < 4.78 is 0. The lowest BCUT2D eigenvalue weighted by atomic mass is 9.72. The van der Waals surface area contributed by atoms with Crippen LogP contribution in [0.5, 0.6) is 0 Å². The Bertz CT molecular complexity index is 1450. The minimum absolute atomic E-state index is 0.602. The van der Waals surface area contributed by atoms with Crippen molar-refractivity contribution in [1.29, 1.82) is 0 Å².